The van der Waals surface area contributed by atoms with Gasteiger partial charge in [-0.25, -0.2) is 0 Å². The summed E-state index contributed by atoms with van der Waals surface area (Å²) >= 11 is 0. The molecule has 1 atom stereocenters. The zero-order valence-electron chi connectivity index (χ0n) is 9.70. The molecule has 0 aliphatic rings. The van der Waals surface area contributed by atoms with Crippen molar-refractivity contribution in [3.63, 3.8) is 0 Å². The number of nitrogens with one attached hydrogen (secondary N) is 1. The molecule has 0 spiro atoms. The molecular weight excluding hydrogens is 186 g/mol. The highest BCUT2D eigenvalue weighted by Gasteiger charge is 2.00. The summed E-state index contributed by atoms with van der Waals surface area (Å²) in [7, 11) is 1.73. The quantitative estimate of drug-likeness (QED) is 0.692. The molecule has 1 aromatic rings. The summed E-state index contributed by atoms with van der Waals surface area (Å²) in [6.45, 7) is 3.95. The highest BCUT2D eigenvalue weighted by atomic mass is 16.5. The molecule has 0 bridgehead atoms. The molecule has 0 saturated heterocycles. The first-order valence-electron chi connectivity index (χ1n) is 5.59. The predicted octanol–water partition coefficient (Wildman–Crippen LogP) is 2.24. The summed E-state index contributed by atoms with van der Waals surface area (Å²) in [5, 5.41) is 3.43. The van der Waals surface area contributed by atoms with E-state index in [-0.39, 0.29) is 0 Å². The van der Waals surface area contributed by atoms with Gasteiger partial charge in [0.1, 0.15) is 0 Å². The maximum atomic E-state index is 4.99. The Bertz CT molecular complexity index is 248. The fraction of sp³-hybridized carbons (Fsp3) is 0.538. The largest absolute Gasteiger partial charge is 0.383 e. The number of benzene rings is 1. The van der Waals surface area contributed by atoms with E-state index in [9.17, 15) is 0 Å². The van der Waals surface area contributed by atoms with Crippen molar-refractivity contribution in [2.45, 2.75) is 25.8 Å². The lowest BCUT2D eigenvalue weighted by Gasteiger charge is -2.13. The number of hydrogen-bond acceptors (Lipinski definition) is 2. The van der Waals surface area contributed by atoms with Gasteiger partial charge in [-0.1, -0.05) is 30.3 Å². The summed E-state index contributed by atoms with van der Waals surface area (Å²) in [5.74, 6) is 0. The molecule has 84 valence electrons. The van der Waals surface area contributed by atoms with Crippen LogP contribution in [0.5, 0.6) is 0 Å². The number of aryl methyl sites for hydroxylation is 1. The minimum absolute atomic E-state index is 0.556. The third kappa shape index (κ3) is 5.55. The van der Waals surface area contributed by atoms with Crippen molar-refractivity contribution in [1.82, 2.24) is 5.32 Å². The molecule has 2 nitrogen and oxygen atoms in total. The SMILES string of the molecule is COCCN[C@H](C)CCc1ccccc1. The normalized spacial score (nSPS) is 12.7. The monoisotopic (exact) mass is 207 g/mol. The Morgan fingerprint density at radius 1 is 1.27 bits per heavy atom. The van der Waals surface area contributed by atoms with Crippen LogP contribution in [0.25, 0.3) is 0 Å². The summed E-state index contributed by atoms with van der Waals surface area (Å²) in [4.78, 5) is 0. The Morgan fingerprint density at radius 2 is 2.00 bits per heavy atom. The van der Waals surface area contributed by atoms with Gasteiger partial charge in [-0.15, -0.1) is 0 Å². The zero-order valence-corrected chi connectivity index (χ0v) is 9.70. The maximum absolute atomic E-state index is 4.99. The predicted molar refractivity (Wildman–Crippen MR) is 64.1 cm³/mol. The van der Waals surface area contributed by atoms with Crippen molar-refractivity contribution in [3.05, 3.63) is 35.9 Å². The second-order valence-electron chi connectivity index (χ2n) is 3.87. The minimum Gasteiger partial charge on any atom is -0.383 e. The van der Waals surface area contributed by atoms with Gasteiger partial charge < -0.3 is 10.1 Å². The topological polar surface area (TPSA) is 21.3 Å². The van der Waals surface area contributed by atoms with E-state index in [1.807, 2.05) is 0 Å². The number of methoxy groups -OCH3 is 1. The Balaban J connectivity index is 2.14. The molecule has 0 aromatic heterocycles. The van der Waals surface area contributed by atoms with E-state index in [4.69, 9.17) is 4.74 Å². The van der Waals surface area contributed by atoms with Gasteiger partial charge in [0.25, 0.3) is 0 Å². The number of ether oxygens (including phenoxy) is 1. The van der Waals surface area contributed by atoms with Gasteiger partial charge in [0.15, 0.2) is 0 Å². The van der Waals surface area contributed by atoms with Crippen molar-refractivity contribution in [2.24, 2.45) is 0 Å². The third-order valence-electron chi connectivity index (χ3n) is 2.51. The molecule has 0 aliphatic heterocycles. The summed E-state index contributed by atoms with van der Waals surface area (Å²) < 4.78 is 4.99. The van der Waals surface area contributed by atoms with Crippen LogP contribution < -0.4 is 5.32 Å². The molecule has 0 amide bonds. The van der Waals surface area contributed by atoms with Crippen LogP contribution in [0.2, 0.25) is 0 Å². The first-order chi connectivity index (χ1) is 7.33. The van der Waals surface area contributed by atoms with Crippen LogP contribution in [0.4, 0.5) is 0 Å². The van der Waals surface area contributed by atoms with E-state index in [2.05, 4.69) is 42.6 Å². The molecule has 0 radical (unpaired) electrons. The van der Waals surface area contributed by atoms with E-state index < -0.39 is 0 Å². The summed E-state index contributed by atoms with van der Waals surface area (Å²) in [6, 6.07) is 11.2. The van der Waals surface area contributed by atoms with E-state index in [1.54, 1.807) is 7.11 Å². The molecule has 0 heterocycles. The first-order valence-corrected chi connectivity index (χ1v) is 5.59. The second kappa shape index (κ2) is 7.43. The molecule has 0 saturated carbocycles. The van der Waals surface area contributed by atoms with Crippen molar-refractivity contribution in [3.8, 4) is 0 Å². The van der Waals surface area contributed by atoms with Crippen molar-refractivity contribution < 1.29 is 4.74 Å². The Hall–Kier alpha value is -0.860. The van der Waals surface area contributed by atoms with Crippen LogP contribution in [0, 0.1) is 0 Å². The van der Waals surface area contributed by atoms with Crippen LogP contribution in [-0.4, -0.2) is 26.3 Å². The van der Waals surface area contributed by atoms with Crippen LogP contribution in [0.3, 0.4) is 0 Å². The average molecular weight is 207 g/mol. The van der Waals surface area contributed by atoms with Gasteiger partial charge in [0.2, 0.25) is 0 Å². The first kappa shape index (κ1) is 12.2. The molecule has 1 aromatic carbocycles. The molecule has 0 fully saturated rings. The standard InChI is InChI=1S/C13H21NO/c1-12(14-10-11-15-2)8-9-13-6-4-3-5-7-13/h3-7,12,14H,8-11H2,1-2H3/t12-/m1/s1. The van der Waals surface area contributed by atoms with Gasteiger partial charge in [0.05, 0.1) is 6.61 Å². The lowest BCUT2D eigenvalue weighted by molar-refractivity contribution is 0.196. The highest BCUT2D eigenvalue weighted by molar-refractivity contribution is 5.14. The number of hydrogen-bond donors (Lipinski definition) is 1. The van der Waals surface area contributed by atoms with Gasteiger partial charge in [0, 0.05) is 19.7 Å². The average Bonchev–Trinajstić information content (AvgIpc) is 2.28. The van der Waals surface area contributed by atoms with Crippen molar-refractivity contribution in [2.75, 3.05) is 20.3 Å². The molecule has 15 heavy (non-hydrogen) atoms. The Morgan fingerprint density at radius 3 is 2.67 bits per heavy atom. The van der Waals surface area contributed by atoms with Crippen LogP contribution in [0.1, 0.15) is 18.9 Å². The lowest BCUT2D eigenvalue weighted by Crippen LogP contribution is -2.29. The fourth-order valence-electron chi connectivity index (χ4n) is 1.54. The van der Waals surface area contributed by atoms with E-state index in [1.165, 1.54) is 12.0 Å². The second-order valence-corrected chi connectivity index (χ2v) is 3.87. The fourth-order valence-corrected chi connectivity index (χ4v) is 1.54. The van der Waals surface area contributed by atoms with E-state index in [0.29, 0.717) is 6.04 Å². The molecule has 1 N–H and O–H groups in total. The minimum atomic E-state index is 0.556. The Labute approximate surface area is 92.6 Å². The molecule has 1 rings (SSSR count). The Kier molecular flexibility index (Phi) is 6.05. The van der Waals surface area contributed by atoms with Crippen molar-refractivity contribution >= 4 is 0 Å². The van der Waals surface area contributed by atoms with E-state index >= 15 is 0 Å². The third-order valence-corrected chi connectivity index (χ3v) is 2.51. The van der Waals surface area contributed by atoms with Crippen LogP contribution >= 0.6 is 0 Å². The van der Waals surface area contributed by atoms with E-state index in [0.717, 1.165) is 19.6 Å². The lowest BCUT2D eigenvalue weighted by atomic mass is 10.1. The van der Waals surface area contributed by atoms with Gasteiger partial charge in [-0.05, 0) is 25.3 Å². The number of rotatable bonds is 7. The molecule has 2 heteroatoms. The van der Waals surface area contributed by atoms with Crippen LogP contribution in [0.15, 0.2) is 30.3 Å². The van der Waals surface area contributed by atoms with Gasteiger partial charge in [-0.2, -0.15) is 0 Å². The highest BCUT2D eigenvalue weighted by Crippen LogP contribution is 2.04. The zero-order chi connectivity index (χ0) is 10.9. The maximum Gasteiger partial charge on any atom is 0.0587 e. The smallest absolute Gasteiger partial charge is 0.0587 e. The van der Waals surface area contributed by atoms with Crippen LogP contribution in [-0.2, 0) is 11.2 Å². The van der Waals surface area contributed by atoms with Gasteiger partial charge in [-0.3, -0.25) is 0 Å². The molecular formula is C13H21NO. The summed E-state index contributed by atoms with van der Waals surface area (Å²) in [5.41, 5.74) is 1.41. The van der Waals surface area contributed by atoms with Gasteiger partial charge >= 0.3 is 0 Å². The molecule has 0 aliphatic carbocycles. The summed E-state index contributed by atoms with van der Waals surface area (Å²) in [6.07, 6.45) is 2.32. The van der Waals surface area contributed by atoms with Crippen molar-refractivity contribution in [1.29, 1.82) is 0 Å². The molecule has 0 unspecified atom stereocenters.